The molecule has 5 nitrogen and oxygen atoms in total. The van der Waals surface area contributed by atoms with Crippen LogP contribution in [0, 0.1) is 15.9 Å². The van der Waals surface area contributed by atoms with Gasteiger partial charge in [0, 0.05) is 12.1 Å². The van der Waals surface area contributed by atoms with Crippen molar-refractivity contribution in [2.75, 3.05) is 0 Å². The molecule has 0 spiro atoms. The van der Waals surface area contributed by atoms with Crippen molar-refractivity contribution in [3.8, 4) is 11.5 Å². The molecule has 0 saturated carbocycles. The lowest BCUT2D eigenvalue weighted by molar-refractivity contribution is -0.385. The third kappa shape index (κ3) is 3.56. The van der Waals surface area contributed by atoms with E-state index in [0.717, 1.165) is 18.2 Å². The number of ether oxygens (including phenoxy) is 1. The van der Waals surface area contributed by atoms with E-state index in [4.69, 9.17) is 4.74 Å². The lowest BCUT2D eigenvalue weighted by atomic mass is 10.1. The molecule has 2 aromatic rings. The van der Waals surface area contributed by atoms with Gasteiger partial charge >= 0.3 is 5.69 Å². The molecule has 0 unspecified atom stereocenters. The van der Waals surface area contributed by atoms with Gasteiger partial charge in [-0.3, -0.25) is 10.1 Å². The molecule has 7 heteroatoms. The first-order valence-corrected chi connectivity index (χ1v) is 6.77. The van der Waals surface area contributed by atoms with Crippen LogP contribution < -0.4 is 4.74 Å². The predicted molar refractivity (Wildman–Crippen MR) is 77.9 cm³/mol. The molecule has 1 atom stereocenters. The first-order valence-electron chi connectivity index (χ1n) is 5.98. The van der Waals surface area contributed by atoms with Crippen LogP contribution in [-0.2, 0) is 0 Å². The molecular weight excluding hydrogens is 345 g/mol. The van der Waals surface area contributed by atoms with E-state index in [-0.39, 0.29) is 17.2 Å². The van der Waals surface area contributed by atoms with Crippen LogP contribution in [0.15, 0.2) is 40.9 Å². The van der Waals surface area contributed by atoms with Crippen LogP contribution in [-0.4, -0.2) is 10.0 Å². The average Bonchev–Trinajstić information content (AvgIpc) is 2.40. The number of halogens is 2. The Morgan fingerprint density at radius 3 is 2.57 bits per heavy atom. The molecule has 0 fully saturated rings. The quantitative estimate of drug-likeness (QED) is 0.653. The highest BCUT2D eigenvalue weighted by Crippen LogP contribution is 2.36. The van der Waals surface area contributed by atoms with Crippen molar-refractivity contribution < 1.29 is 19.2 Å². The Labute approximate surface area is 128 Å². The maximum Gasteiger partial charge on any atom is 0.311 e. The summed E-state index contributed by atoms with van der Waals surface area (Å²) >= 11 is 3.25. The molecule has 110 valence electrons. The summed E-state index contributed by atoms with van der Waals surface area (Å²) in [5.74, 6) is -0.536. The van der Waals surface area contributed by atoms with Crippen molar-refractivity contribution >= 4 is 21.6 Å². The molecule has 1 N–H and O–H groups in total. The largest absolute Gasteiger partial charge is 0.449 e. The Hall–Kier alpha value is -1.99. The monoisotopic (exact) mass is 355 g/mol. The van der Waals surface area contributed by atoms with Crippen LogP contribution in [0.3, 0.4) is 0 Å². The normalized spacial score (nSPS) is 12.0. The number of benzene rings is 2. The first kappa shape index (κ1) is 15.4. The molecule has 0 aliphatic carbocycles. The van der Waals surface area contributed by atoms with Gasteiger partial charge in [0.25, 0.3) is 0 Å². The maximum atomic E-state index is 13.2. The van der Waals surface area contributed by atoms with Crippen molar-refractivity contribution in [1.82, 2.24) is 0 Å². The summed E-state index contributed by atoms with van der Waals surface area (Å²) < 4.78 is 19.1. The Kier molecular flexibility index (Phi) is 4.54. The molecule has 0 radical (unpaired) electrons. The van der Waals surface area contributed by atoms with Gasteiger partial charge in [-0.25, -0.2) is 4.39 Å². The van der Waals surface area contributed by atoms with Crippen LogP contribution >= 0.6 is 15.9 Å². The van der Waals surface area contributed by atoms with Crippen LogP contribution in [0.5, 0.6) is 11.5 Å². The zero-order valence-corrected chi connectivity index (χ0v) is 12.5. The van der Waals surface area contributed by atoms with Gasteiger partial charge in [0.2, 0.25) is 5.75 Å². The number of rotatable bonds is 4. The third-order valence-electron chi connectivity index (χ3n) is 2.78. The first-order chi connectivity index (χ1) is 9.88. The van der Waals surface area contributed by atoms with Gasteiger partial charge in [-0.2, -0.15) is 0 Å². The summed E-state index contributed by atoms with van der Waals surface area (Å²) in [6.45, 7) is 1.61. The summed E-state index contributed by atoms with van der Waals surface area (Å²) in [4.78, 5) is 10.3. The van der Waals surface area contributed by atoms with Gasteiger partial charge in [-0.15, -0.1) is 0 Å². The van der Waals surface area contributed by atoms with E-state index in [1.807, 2.05) is 0 Å². The molecule has 0 aromatic heterocycles. The SMILES string of the molecule is C[C@@H](O)c1ccc(Oc2cc(F)ccc2[N+](=O)[O-])c(Br)c1. The number of aliphatic hydroxyl groups is 1. The van der Waals surface area contributed by atoms with Crippen molar-refractivity contribution in [2.24, 2.45) is 0 Å². The minimum absolute atomic E-state index is 0.189. The molecule has 0 saturated heterocycles. The maximum absolute atomic E-state index is 13.2. The van der Waals surface area contributed by atoms with Gasteiger partial charge in [-0.1, -0.05) is 6.07 Å². The highest BCUT2D eigenvalue weighted by molar-refractivity contribution is 9.10. The van der Waals surface area contributed by atoms with Crippen LogP contribution in [0.4, 0.5) is 10.1 Å². The molecule has 0 heterocycles. The minimum Gasteiger partial charge on any atom is -0.449 e. The van der Waals surface area contributed by atoms with Gasteiger partial charge in [0.05, 0.1) is 15.5 Å². The Bertz CT molecular complexity index is 691. The number of nitrogens with zero attached hydrogens (tertiary/aromatic N) is 1. The number of aliphatic hydroxyl groups excluding tert-OH is 1. The second kappa shape index (κ2) is 6.19. The van der Waals surface area contributed by atoms with Crippen molar-refractivity contribution in [1.29, 1.82) is 0 Å². The van der Waals surface area contributed by atoms with E-state index in [0.29, 0.717) is 10.0 Å². The number of hydrogen-bond donors (Lipinski definition) is 1. The average molecular weight is 356 g/mol. The highest BCUT2D eigenvalue weighted by atomic mass is 79.9. The predicted octanol–water partition coefficient (Wildman–Crippen LogP) is 4.34. The van der Waals surface area contributed by atoms with E-state index in [9.17, 15) is 19.6 Å². The summed E-state index contributed by atoms with van der Waals surface area (Å²) in [6.07, 6.45) is -0.654. The fourth-order valence-corrected chi connectivity index (χ4v) is 2.18. The van der Waals surface area contributed by atoms with E-state index in [1.165, 1.54) is 0 Å². The van der Waals surface area contributed by atoms with Crippen molar-refractivity contribution in [2.45, 2.75) is 13.0 Å². The van der Waals surface area contributed by atoms with E-state index < -0.39 is 16.8 Å². The lowest BCUT2D eigenvalue weighted by Gasteiger charge is -2.11. The third-order valence-corrected chi connectivity index (χ3v) is 3.40. The highest BCUT2D eigenvalue weighted by Gasteiger charge is 2.18. The Morgan fingerprint density at radius 2 is 2.00 bits per heavy atom. The lowest BCUT2D eigenvalue weighted by Crippen LogP contribution is -1.96. The second-order valence-corrected chi connectivity index (χ2v) is 5.19. The van der Waals surface area contributed by atoms with Crippen LogP contribution in [0.25, 0.3) is 0 Å². The standard InChI is InChI=1S/C14H11BrFNO4/c1-8(18)9-2-5-13(11(15)6-9)21-14-7-10(16)3-4-12(14)17(19)20/h2-8,18H,1H3/t8-/m1/s1. The molecule has 0 bridgehead atoms. The molecule has 21 heavy (non-hydrogen) atoms. The topological polar surface area (TPSA) is 72.6 Å². The summed E-state index contributed by atoms with van der Waals surface area (Å²) in [6, 6.07) is 7.79. The van der Waals surface area contributed by atoms with Crippen LogP contribution in [0.2, 0.25) is 0 Å². The number of nitro groups is 1. The minimum atomic E-state index is -0.654. The molecule has 0 amide bonds. The van der Waals surface area contributed by atoms with Crippen molar-refractivity contribution in [3.63, 3.8) is 0 Å². The molecule has 2 aromatic carbocycles. The fourth-order valence-electron chi connectivity index (χ4n) is 1.70. The van der Waals surface area contributed by atoms with E-state index in [2.05, 4.69) is 15.9 Å². The zero-order valence-electron chi connectivity index (χ0n) is 10.9. The van der Waals surface area contributed by atoms with Crippen molar-refractivity contribution in [3.05, 3.63) is 62.4 Å². The summed E-state index contributed by atoms with van der Waals surface area (Å²) in [7, 11) is 0. The summed E-state index contributed by atoms with van der Waals surface area (Å²) in [5, 5.41) is 20.4. The fraction of sp³-hybridized carbons (Fsp3) is 0.143. The Morgan fingerprint density at radius 1 is 1.29 bits per heavy atom. The number of nitro benzene ring substituents is 1. The van der Waals surface area contributed by atoms with Gasteiger partial charge in [0.15, 0.2) is 0 Å². The molecular formula is C14H11BrFNO4. The molecule has 2 rings (SSSR count). The van der Waals surface area contributed by atoms with Gasteiger partial charge < -0.3 is 9.84 Å². The van der Waals surface area contributed by atoms with E-state index in [1.54, 1.807) is 25.1 Å². The van der Waals surface area contributed by atoms with Gasteiger partial charge in [0.1, 0.15) is 11.6 Å². The second-order valence-electron chi connectivity index (χ2n) is 4.34. The zero-order chi connectivity index (χ0) is 15.6. The Balaban J connectivity index is 2.38. The number of hydrogen-bond acceptors (Lipinski definition) is 4. The molecule has 0 aliphatic heterocycles. The van der Waals surface area contributed by atoms with Crippen LogP contribution in [0.1, 0.15) is 18.6 Å². The van der Waals surface area contributed by atoms with Gasteiger partial charge in [-0.05, 0) is 46.6 Å². The smallest absolute Gasteiger partial charge is 0.311 e. The molecule has 0 aliphatic rings. The van der Waals surface area contributed by atoms with E-state index >= 15 is 0 Å². The summed E-state index contributed by atoms with van der Waals surface area (Å²) in [5.41, 5.74) is 0.325.